The summed E-state index contributed by atoms with van der Waals surface area (Å²) in [6.07, 6.45) is 2.69. The summed E-state index contributed by atoms with van der Waals surface area (Å²) < 4.78 is 1.49. The molecule has 1 unspecified atom stereocenters. The first-order valence-corrected chi connectivity index (χ1v) is 9.54. The van der Waals surface area contributed by atoms with Gasteiger partial charge in [-0.15, -0.1) is 0 Å². The number of hydrogen-bond donors (Lipinski definition) is 1. The molecule has 0 fully saturated rings. The Labute approximate surface area is 156 Å². The highest BCUT2D eigenvalue weighted by molar-refractivity contribution is 7.99. The third-order valence-corrected chi connectivity index (χ3v) is 5.52. The lowest BCUT2D eigenvalue weighted by atomic mass is 10.1. The van der Waals surface area contributed by atoms with Crippen molar-refractivity contribution in [2.24, 2.45) is 0 Å². The standard InChI is InChI=1S/C20H20N4OS/c1-14-11-16-9-5-6-10-18(16)24(14)19(25)13-26-20-22-17(12-23(20)21)15-7-3-2-4-8-15/h2-10,12,14H,11,13,21H2,1H3. The van der Waals surface area contributed by atoms with E-state index in [-0.39, 0.29) is 11.9 Å². The van der Waals surface area contributed by atoms with E-state index in [1.807, 2.05) is 53.4 Å². The zero-order valence-corrected chi connectivity index (χ0v) is 15.3. The largest absolute Gasteiger partial charge is 0.337 e. The van der Waals surface area contributed by atoms with Gasteiger partial charge in [0.25, 0.3) is 0 Å². The summed E-state index contributed by atoms with van der Waals surface area (Å²) >= 11 is 1.37. The SMILES string of the molecule is CC1Cc2ccccc2N1C(=O)CSc1nc(-c2ccccc2)cn1N. The molecule has 1 aliphatic heterocycles. The number of amides is 1. The van der Waals surface area contributed by atoms with Gasteiger partial charge < -0.3 is 10.7 Å². The number of thioether (sulfide) groups is 1. The van der Waals surface area contributed by atoms with Crippen molar-refractivity contribution in [1.82, 2.24) is 9.66 Å². The highest BCUT2D eigenvalue weighted by Crippen LogP contribution is 2.33. The number of imidazole rings is 1. The minimum atomic E-state index is 0.0803. The Morgan fingerprint density at radius 1 is 1.19 bits per heavy atom. The Morgan fingerprint density at radius 3 is 2.73 bits per heavy atom. The van der Waals surface area contributed by atoms with E-state index in [2.05, 4.69) is 18.0 Å². The molecule has 0 radical (unpaired) electrons. The number of benzene rings is 2. The number of rotatable bonds is 4. The van der Waals surface area contributed by atoms with Crippen LogP contribution in [0.25, 0.3) is 11.3 Å². The molecule has 1 amide bonds. The number of hydrogen-bond acceptors (Lipinski definition) is 4. The monoisotopic (exact) mass is 364 g/mol. The number of carbonyl (C=O) groups is 1. The fraction of sp³-hybridized carbons (Fsp3) is 0.200. The maximum absolute atomic E-state index is 12.8. The van der Waals surface area contributed by atoms with Gasteiger partial charge in [-0.3, -0.25) is 4.79 Å². The van der Waals surface area contributed by atoms with Gasteiger partial charge in [-0.1, -0.05) is 60.3 Å². The summed E-state index contributed by atoms with van der Waals surface area (Å²) in [6.45, 7) is 2.08. The van der Waals surface area contributed by atoms with Crippen molar-refractivity contribution in [3.63, 3.8) is 0 Å². The molecular weight excluding hydrogens is 344 g/mol. The topological polar surface area (TPSA) is 64.2 Å². The molecule has 4 rings (SSSR count). The number of carbonyl (C=O) groups excluding carboxylic acids is 1. The van der Waals surface area contributed by atoms with Gasteiger partial charge in [0.15, 0.2) is 5.16 Å². The number of aromatic nitrogens is 2. The zero-order valence-electron chi connectivity index (χ0n) is 14.5. The van der Waals surface area contributed by atoms with Crippen LogP contribution in [0, 0.1) is 0 Å². The highest BCUT2D eigenvalue weighted by Gasteiger charge is 2.30. The average Bonchev–Trinajstić information content (AvgIpc) is 3.19. The van der Waals surface area contributed by atoms with Crippen LogP contribution in [0.1, 0.15) is 12.5 Å². The lowest BCUT2D eigenvalue weighted by Crippen LogP contribution is -2.37. The molecule has 132 valence electrons. The van der Waals surface area contributed by atoms with E-state index in [9.17, 15) is 4.79 Å². The van der Waals surface area contributed by atoms with Crippen molar-refractivity contribution in [2.45, 2.75) is 24.5 Å². The van der Waals surface area contributed by atoms with Gasteiger partial charge in [0.2, 0.25) is 5.91 Å². The molecule has 0 bridgehead atoms. The maximum atomic E-state index is 12.8. The van der Waals surface area contributed by atoms with Crippen LogP contribution < -0.4 is 10.7 Å². The average molecular weight is 364 g/mol. The van der Waals surface area contributed by atoms with Crippen LogP contribution in [0.5, 0.6) is 0 Å². The van der Waals surface area contributed by atoms with Crippen LogP contribution in [0.4, 0.5) is 5.69 Å². The molecule has 2 heterocycles. The van der Waals surface area contributed by atoms with Crippen LogP contribution in [0.2, 0.25) is 0 Å². The van der Waals surface area contributed by atoms with Crippen LogP contribution in [0.3, 0.4) is 0 Å². The second-order valence-electron chi connectivity index (χ2n) is 6.42. The summed E-state index contributed by atoms with van der Waals surface area (Å²) in [5.41, 5.74) is 4.06. The van der Waals surface area contributed by atoms with Gasteiger partial charge in [-0.2, -0.15) is 0 Å². The number of fused-ring (bicyclic) bond motifs is 1. The Morgan fingerprint density at radius 2 is 1.92 bits per heavy atom. The zero-order chi connectivity index (χ0) is 18.1. The Bertz CT molecular complexity index is 938. The lowest BCUT2D eigenvalue weighted by molar-refractivity contribution is -0.116. The molecule has 2 aromatic carbocycles. The minimum Gasteiger partial charge on any atom is -0.337 e. The molecule has 0 aliphatic carbocycles. The second-order valence-corrected chi connectivity index (χ2v) is 7.36. The molecule has 0 spiro atoms. The van der Waals surface area contributed by atoms with Gasteiger partial charge in [-0.25, -0.2) is 9.66 Å². The van der Waals surface area contributed by atoms with Gasteiger partial charge in [0, 0.05) is 17.3 Å². The first kappa shape index (κ1) is 16.7. The van der Waals surface area contributed by atoms with Crippen molar-refractivity contribution in [3.05, 3.63) is 66.4 Å². The quantitative estimate of drug-likeness (QED) is 0.570. The summed E-state index contributed by atoms with van der Waals surface area (Å²) in [5, 5.41) is 0.636. The van der Waals surface area contributed by atoms with Crippen LogP contribution in [0.15, 0.2) is 66.0 Å². The van der Waals surface area contributed by atoms with Gasteiger partial charge in [0.05, 0.1) is 17.6 Å². The summed E-state index contributed by atoms with van der Waals surface area (Å²) in [5.74, 6) is 6.42. The Kier molecular flexibility index (Phi) is 4.42. The van der Waals surface area contributed by atoms with Crippen molar-refractivity contribution < 1.29 is 4.79 Å². The normalized spacial score (nSPS) is 15.9. The van der Waals surface area contributed by atoms with Gasteiger partial charge in [-0.05, 0) is 25.0 Å². The van der Waals surface area contributed by atoms with E-state index in [4.69, 9.17) is 5.84 Å². The Balaban J connectivity index is 1.48. The number of nitrogens with zero attached hydrogens (tertiary/aromatic N) is 3. The van der Waals surface area contributed by atoms with Crippen molar-refractivity contribution in [2.75, 3.05) is 16.5 Å². The predicted molar refractivity (Wildman–Crippen MR) is 106 cm³/mol. The molecule has 0 saturated carbocycles. The van der Waals surface area contributed by atoms with Crippen molar-refractivity contribution in [1.29, 1.82) is 0 Å². The first-order chi connectivity index (χ1) is 12.6. The number of nitrogens with two attached hydrogens (primary N) is 1. The molecule has 26 heavy (non-hydrogen) atoms. The second kappa shape index (κ2) is 6.88. The van der Waals surface area contributed by atoms with E-state index in [0.717, 1.165) is 23.4 Å². The lowest BCUT2D eigenvalue weighted by Gasteiger charge is -2.22. The van der Waals surface area contributed by atoms with Gasteiger partial charge >= 0.3 is 0 Å². The molecule has 1 aliphatic rings. The fourth-order valence-corrected chi connectivity index (χ4v) is 4.13. The van der Waals surface area contributed by atoms with E-state index < -0.39 is 0 Å². The molecule has 1 aromatic heterocycles. The maximum Gasteiger partial charge on any atom is 0.237 e. The molecule has 2 N–H and O–H groups in total. The summed E-state index contributed by atoms with van der Waals surface area (Å²) in [7, 11) is 0. The molecule has 3 aromatic rings. The number of anilines is 1. The van der Waals surface area contributed by atoms with E-state index in [1.165, 1.54) is 22.0 Å². The van der Waals surface area contributed by atoms with Crippen LogP contribution in [-0.2, 0) is 11.2 Å². The third-order valence-electron chi connectivity index (χ3n) is 4.57. The Hall–Kier alpha value is -2.73. The molecule has 6 heteroatoms. The predicted octanol–water partition coefficient (Wildman–Crippen LogP) is 3.33. The highest BCUT2D eigenvalue weighted by atomic mass is 32.2. The van der Waals surface area contributed by atoms with Crippen molar-refractivity contribution in [3.8, 4) is 11.3 Å². The van der Waals surface area contributed by atoms with Crippen LogP contribution in [-0.4, -0.2) is 27.4 Å². The third kappa shape index (κ3) is 3.08. The molecule has 0 saturated heterocycles. The van der Waals surface area contributed by atoms with Crippen molar-refractivity contribution >= 4 is 23.4 Å². The van der Waals surface area contributed by atoms with E-state index >= 15 is 0 Å². The minimum absolute atomic E-state index is 0.0803. The first-order valence-electron chi connectivity index (χ1n) is 8.56. The fourth-order valence-electron chi connectivity index (χ4n) is 3.37. The summed E-state index contributed by atoms with van der Waals surface area (Å²) in [4.78, 5) is 19.3. The molecular formula is C20H20N4OS. The van der Waals surface area contributed by atoms with E-state index in [0.29, 0.717) is 10.9 Å². The number of para-hydroxylation sites is 1. The molecule has 5 nitrogen and oxygen atoms in total. The van der Waals surface area contributed by atoms with Gasteiger partial charge in [0.1, 0.15) is 0 Å². The van der Waals surface area contributed by atoms with Crippen LogP contribution >= 0.6 is 11.8 Å². The smallest absolute Gasteiger partial charge is 0.237 e. The summed E-state index contributed by atoms with van der Waals surface area (Å²) in [6, 6.07) is 18.2. The molecule has 1 atom stereocenters. The number of nitrogen functional groups attached to an aromatic ring is 1. The van der Waals surface area contributed by atoms with E-state index in [1.54, 1.807) is 6.20 Å².